The van der Waals surface area contributed by atoms with Crippen molar-refractivity contribution in [1.29, 1.82) is 0 Å². The van der Waals surface area contributed by atoms with Crippen LogP contribution in [0.2, 0.25) is 19.6 Å². The standard InChI is InChI=1S/C14H35N3Si2/c1-12-19(11,16-14(5,6)7)17(8)18(9,10)15-13(2,3)4/h12,15-16H,1H2,2-11H3. The summed E-state index contributed by atoms with van der Waals surface area (Å²) in [6.45, 7) is 24.6. The molecule has 0 aliphatic carbocycles. The molecular formula is C14H35N3Si2. The summed E-state index contributed by atoms with van der Waals surface area (Å²) in [5.41, 5.74) is 2.40. The maximum atomic E-state index is 4.10. The van der Waals surface area contributed by atoms with Gasteiger partial charge in [0.1, 0.15) is 0 Å². The molecule has 0 heterocycles. The Bertz CT molecular complexity index is 316. The van der Waals surface area contributed by atoms with E-state index in [4.69, 9.17) is 0 Å². The number of nitrogens with one attached hydrogen (secondary N) is 2. The van der Waals surface area contributed by atoms with E-state index in [1.807, 2.05) is 0 Å². The first-order valence-electron chi connectivity index (χ1n) is 7.09. The van der Waals surface area contributed by atoms with Gasteiger partial charge in [-0.25, -0.2) is 0 Å². The van der Waals surface area contributed by atoms with Crippen LogP contribution >= 0.6 is 0 Å². The first-order valence-corrected chi connectivity index (χ1v) is 12.6. The van der Waals surface area contributed by atoms with Crippen LogP contribution < -0.4 is 9.96 Å². The predicted molar refractivity (Wildman–Crippen MR) is 92.8 cm³/mol. The lowest BCUT2D eigenvalue weighted by molar-refractivity contribution is 0.471. The Morgan fingerprint density at radius 3 is 1.53 bits per heavy atom. The van der Waals surface area contributed by atoms with Gasteiger partial charge in [0, 0.05) is 11.1 Å². The summed E-state index contributed by atoms with van der Waals surface area (Å²) in [6, 6.07) is 0. The van der Waals surface area contributed by atoms with E-state index in [0.717, 1.165) is 0 Å². The second-order valence-corrected chi connectivity index (χ2v) is 16.3. The van der Waals surface area contributed by atoms with Crippen molar-refractivity contribution in [2.24, 2.45) is 0 Å². The molecule has 0 aromatic heterocycles. The lowest BCUT2D eigenvalue weighted by atomic mass is 10.1. The van der Waals surface area contributed by atoms with Crippen molar-refractivity contribution in [3.63, 3.8) is 0 Å². The minimum absolute atomic E-state index is 0.107. The molecule has 0 radical (unpaired) electrons. The van der Waals surface area contributed by atoms with E-state index in [9.17, 15) is 0 Å². The summed E-state index contributed by atoms with van der Waals surface area (Å²) in [7, 11) is -1.29. The molecule has 19 heavy (non-hydrogen) atoms. The molecule has 0 aromatic rings. The average molecular weight is 302 g/mol. The Kier molecular flexibility index (Phi) is 5.83. The van der Waals surface area contributed by atoms with E-state index in [2.05, 4.69) is 94.7 Å². The summed E-state index contributed by atoms with van der Waals surface area (Å²) < 4.78 is 2.57. The van der Waals surface area contributed by atoms with Crippen molar-refractivity contribution in [1.82, 2.24) is 14.2 Å². The average Bonchev–Trinajstić information content (AvgIpc) is 2.09. The molecule has 3 nitrogen and oxygen atoms in total. The Hall–Kier alpha value is 0.0538. The second-order valence-electron chi connectivity index (χ2n) is 8.22. The normalized spacial score (nSPS) is 17.4. The van der Waals surface area contributed by atoms with Gasteiger partial charge < -0.3 is 14.2 Å². The molecule has 0 bridgehead atoms. The molecule has 0 saturated heterocycles. The lowest BCUT2D eigenvalue weighted by Crippen LogP contribution is -2.76. The SMILES string of the molecule is C=C[Si](C)(NC(C)(C)C)N(C)[Si](C)(C)NC(C)(C)C. The maximum Gasteiger partial charge on any atom is 0.220 e. The van der Waals surface area contributed by atoms with Gasteiger partial charge in [-0.15, -0.1) is 6.58 Å². The maximum absolute atomic E-state index is 4.10. The first-order chi connectivity index (χ1) is 8.13. The second kappa shape index (κ2) is 5.81. The Morgan fingerprint density at radius 1 is 0.895 bits per heavy atom. The van der Waals surface area contributed by atoms with Crippen LogP contribution in [0.5, 0.6) is 0 Å². The largest absolute Gasteiger partial charge is 0.321 e. The van der Waals surface area contributed by atoms with Gasteiger partial charge >= 0.3 is 0 Å². The topological polar surface area (TPSA) is 27.3 Å². The van der Waals surface area contributed by atoms with Crippen molar-refractivity contribution in [3.8, 4) is 0 Å². The summed E-state index contributed by atoms with van der Waals surface area (Å²) >= 11 is 0. The molecule has 5 heteroatoms. The minimum Gasteiger partial charge on any atom is -0.321 e. The summed E-state index contributed by atoms with van der Waals surface area (Å²) in [5.74, 6) is 0. The predicted octanol–water partition coefficient (Wildman–Crippen LogP) is 3.19. The van der Waals surface area contributed by atoms with Gasteiger partial charge in [0.2, 0.25) is 8.40 Å². The number of rotatable bonds is 5. The smallest absolute Gasteiger partial charge is 0.220 e. The summed E-state index contributed by atoms with van der Waals surface area (Å²) in [5, 5.41) is 0. The molecule has 0 aliphatic rings. The van der Waals surface area contributed by atoms with E-state index >= 15 is 0 Å². The van der Waals surface area contributed by atoms with Crippen LogP contribution in [-0.4, -0.2) is 39.2 Å². The van der Waals surface area contributed by atoms with Crippen LogP contribution in [0.15, 0.2) is 12.3 Å². The van der Waals surface area contributed by atoms with Gasteiger partial charge in [-0.1, -0.05) is 5.70 Å². The summed E-state index contributed by atoms with van der Waals surface area (Å²) in [6.07, 6.45) is 0. The molecule has 2 N–H and O–H groups in total. The third kappa shape index (κ3) is 6.36. The fourth-order valence-electron chi connectivity index (χ4n) is 2.61. The highest BCUT2D eigenvalue weighted by molar-refractivity contribution is 6.91. The highest BCUT2D eigenvalue weighted by Gasteiger charge is 2.43. The van der Waals surface area contributed by atoms with Crippen LogP contribution in [0, 0.1) is 0 Å². The quantitative estimate of drug-likeness (QED) is 0.764. The van der Waals surface area contributed by atoms with Gasteiger partial charge in [-0.2, -0.15) is 0 Å². The lowest BCUT2D eigenvalue weighted by Gasteiger charge is -2.49. The van der Waals surface area contributed by atoms with E-state index in [0.29, 0.717) is 0 Å². The van der Waals surface area contributed by atoms with E-state index in [1.54, 1.807) is 0 Å². The minimum atomic E-state index is -1.85. The van der Waals surface area contributed by atoms with Crippen LogP contribution in [0.1, 0.15) is 41.5 Å². The highest BCUT2D eigenvalue weighted by atomic mass is 28.4. The van der Waals surface area contributed by atoms with Crippen LogP contribution in [0.4, 0.5) is 0 Å². The monoisotopic (exact) mass is 301 g/mol. The van der Waals surface area contributed by atoms with Crippen molar-refractivity contribution in [2.75, 3.05) is 7.05 Å². The molecule has 0 rings (SSSR count). The van der Waals surface area contributed by atoms with Crippen molar-refractivity contribution in [3.05, 3.63) is 12.3 Å². The molecule has 0 amide bonds. The van der Waals surface area contributed by atoms with Crippen LogP contribution in [0.3, 0.4) is 0 Å². The zero-order valence-corrected chi connectivity index (χ0v) is 16.7. The van der Waals surface area contributed by atoms with Gasteiger partial charge in [0.05, 0.1) is 0 Å². The highest BCUT2D eigenvalue weighted by Crippen LogP contribution is 2.19. The van der Waals surface area contributed by atoms with Crippen LogP contribution in [-0.2, 0) is 0 Å². The Balaban J connectivity index is 5.22. The molecule has 0 aromatic carbocycles. The molecule has 0 aliphatic heterocycles. The van der Waals surface area contributed by atoms with Crippen molar-refractivity contribution >= 4 is 16.8 Å². The van der Waals surface area contributed by atoms with Crippen molar-refractivity contribution in [2.45, 2.75) is 72.3 Å². The molecule has 1 atom stereocenters. The van der Waals surface area contributed by atoms with Crippen molar-refractivity contribution < 1.29 is 0 Å². The summed E-state index contributed by atoms with van der Waals surface area (Å²) in [4.78, 5) is 7.65. The Labute approximate surface area is 123 Å². The van der Waals surface area contributed by atoms with E-state index < -0.39 is 16.8 Å². The Morgan fingerprint density at radius 2 is 1.26 bits per heavy atom. The number of hydrogen-bond donors (Lipinski definition) is 2. The third-order valence-electron chi connectivity index (χ3n) is 3.24. The van der Waals surface area contributed by atoms with E-state index in [1.165, 1.54) is 0 Å². The van der Waals surface area contributed by atoms with E-state index in [-0.39, 0.29) is 11.1 Å². The van der Waals surface area contributed by atoms with Gasteiger partial charge in [0.15, 0.2) is 8.40 Å². The first kappa shape index (κ1) is 19.1. The molecule has 1 unspecified atom stereocenters. The zero-order chi connectivity index (χ0) is 15.7. The molecule has 114 valence electrons. The molecule has 0 spiro atoms. The zero-order valence-electron chi connectivity index (χ0n) is 14.7. The molecular weight excluding hydrogens is 266 g/mol. The van der Waals surface area contributed by atoms with Crippen LogP contribution in [0.25, 0.3) is 0 Å². The fraction of sp³-hybridized carbons (Fsp3) is 0.857. The number of nitrogens with zero attached hydrogens (tertiary/aromatic N) is 1. The van der Waals surface area contributed by atoms with Gasteiger partial charge in [-0.3, -0.25) is 0 Å². The fourth-order valence-corrected chi connectivity index (χ4v) is 11.9. The van der Waals surface area contributed by atoms with Gasteiger partial charge in [0.25, 0.3) is 0 Å². The molecule has 0 saturated carbocycles. The molecule has 0 fully saturated rings. The third-order valence-corrected chi connectivity index (χ3v) is 12.8. The van der Waals surface area contributed by atoms with Gasteiger partial charge in [-0.05, 0) is 68.2 Å². The number of hydrogen-bond acceptors (Lipinski definition) is 3.